The summed E-state index contributed by atoms with van der Waals surface area (Å²) >= 11 is 0. The molecule has 2 aromatic heterocycles. The lowest BCUT2D eigenvalue weighted by atomic mass is 10.1. The summed E-state index contributed by atoms with van der Waals surface area (Å²) in [4.78, 5) is 23.7. The van der Waals surface area contributed by atoms with Gasteiger partial charge in [0, 0.05) is 29.5 Å². The van der Waals surface area contributed by atoms with E-state index in [1.165, 1.54) is 5.56 Å². The quantitative estimate of drug-likeness (QED) is 0.592. The Labute approximate surface area is 185 Å². The maximum absolute atomic E-state index is 12.4. The number of nitrogens with zero attached hydrogens (tertiary/aromatic N) is 5. The molecule has 0 bridgehead atoms. The molecule has 0 saturated carbocycles. The third-order valence-electron chi connectivity index (χ3n) is 5.35. The molecule has 4 rings (SSSR count). The van der Waals surface area contributed by atoms with Crippen molar-refractivity contribution in [2.24, 2.45) is 0 Å². The number of rotatable bonds is 7. The minimum absolute atomic E-state index is 0. The van der Waals surface area contributed by atoms with Crippen LogP contribution in [0.2, 0.25) is 0 Å². The van der Waals surface area contributed by atoms with Crippen molar-refractivity contribution >= 4 is 11.7 Å². The highest BCUT2D eigenvalue weighted by atomic mass is 16.4. The molecule has 3 heterocycles. The molecule has 168 valence electrons. The van der Waals surface area contributed by atoms with Crippen molar-refractivity contribution in [2.45, 2.75) is 39.3 Å². The summed E-state index contributed by atoms with van der Waals surface area (Å²) in [5, 5.41) is 14.4. The normalized spacial score (nSPS) is 16.0. The molecular weight excluding hydrogens is 394 g/mol. The fourth-order valence-electron chi connectivity index (χ4n) is 3.79. The first-order valence-electron chi connectivity index (χ1n) is 10.6. The molecule has 1 aliphatic heterocycles. The molecule has 1 aliphatic rings. The molecule has 1 atom stereocenters. The number of benzene rings is 1. The topological polar surface area (TPSA) is 109 Å². The zero-order valence-electron chi connectivity index (χ0n) is 18.1. The zero-order valence-corrected chi connectivity index (χ0v) is 18.1. The van der Waals surface area contributed by atoms with Crippen LogP contribution in [-0.2, 0) is 11.3 Å². The Kier molecular flexibility index (Phi) is 6.22. The van der Waals surface area contributed by atoms with Gasteiger partial charge in [-0.25, -0.2) is 4.98 Å². The Bertz CT molecular complexity index is 1060. The van der Waals surface area contributed by atoms with Gasteiger partial charge in [-0.2, -0.15) is 0 Å². The fraction of sp³-hybridized carbons (Fsp3) is 0.409. The summed E-state index contributed by atoms with van der Waals surface area (Å²) in [5.41, 5.74) is 3.24. The second-order valence-electron chi connectivity index (χ2n) is 7.55. The molecule has 0 aliphatic carbocycles. The van der Waals surface area contributed by atoms with Crippen molar-refractivity contribution in [2.75, 3.05) is 25.0 Å². The highest BCUT2D eigenvalue weighted by Gasteiger charge is 2.32. The average molecular weight is 428 g/mol. The zero-order chi connectivity index (χ0) is 21.8. The summed E-state index contributed by atoms with van der Waals surface area (Å²) in [7, 11) is 1.91. The van der Waals surface area contributed by atoms with E-state index in [1.54, 1.807) is 6.20 Å². The Morgan fingerprint density at radius 3 is 2.77 bits per heavy atom. The number of carbonyl (C=O) groups is 1. The lowest BCUT2D eigenvalue weighted by Gasteiger charge is -2.24. The van der Waals surface area contributed by atoms with Gasteiger partial charge in [0.25, 0.3) is 5.89 Å². The molecular formula is C22H33N7O2. The van der Waals surface area contributed by atoms with Gasteiger partial charge in [0.1, 0.15) is 11.9 Å². The molecule has 0 spiro atoms. The maximum atomic E-state index is 12.4. The van der Waals surface area contributed by atoms with Crippen LogP contribution in [0.5, 0.6) is 0 Å². The largest absolute Gasteiger partial charge is 0.415 e. The van der Waals surface area contributed by atoms with Crippen molar-refractivity contribution in [1.29, 1.82) is 0 Å². The third-order valence-corrected chi connectivity index (χ3v) is 5.35. The summed E-state index contributed by atoms with van der Waals surface area (Å²) < 4.78 is 5.93. The van der Waals surface area contributed by atoms with Gasteiger partial charge in [0.15, 0.2) is 5.69 Å². The van der Waals surface area contributed by atoms with Crippen molar-refractivity contribution in [3.05, 3.63) is 41.7 Å². The summed E-state index contributed by atoms with van der Waals surface area (Å²) in [6.45, 7) is 5.93. The van der Waals surface area contributed by atoms with Crippen LogP contribution in [0, 0.1) is 6.92 Å². The summed E-state index contributed by atoms with van der Waals surface area (Å²) in [6, 6.07) is 7.73. The van der Waals surface area contributed by atoms with E-state index in [9.17, 15) is 4.79 Å². The Balaban J connectivity index is 0.00000193. The van der Waals surface area contributed by atoms with Crippen LogP contribution >= 0.6 is 0 Å². The number of aryl methyl sites for hydroxylation is 1. The number of likely N-dealkylation sites (N-methyl/N-ethyl adjacent to an activating group) is 1. The molecule has 0 unspecified atom stereocenters. The molecule has 1 aromatic carbocycles. The van der Waals surface area contributed by atoms with E-state index in [2.05, 4.69) is 25.8 Å². The van der Waals surface area contributed by atoms with E-state index >= 15 is 0 Å². The van der Waals surface area contributed by atoms with Gasteiger partial charge in [-0.1, -0.05) is 12.1 Å². The number of hydrogen-bond donors (Lipinski definition) is 2. The molecule has 31 heavy (non-hydrogen) atoms. The first-order valence-corrected chi connectivity index (χ1v) is 10.6. The average Bonchev–Trinajstić information content (AvgIpc) is 3.45. The smallest absolute Gasteiger partial charge is 0.268 e. The van der Waals surface area contributed by atoms with E-state index in [-0.39, 0.29) is 16.2 Å². The molecule has 1 amide bonds. The lowest BCUT2D eigenvalue weighted by molar-refractivity contribution is -0.122. The minimum Gasteiger partial charge on any atom is -0.415 e. The van der Waals surface area contributed by atoms with Crippen LogP contribution in [0.25, 0.3) is 23.0 Å². The Morgan fingerprint density at radius 2 is 2.03 bits per heavy atom. The van der Waals surface area contributed by atoms with E-state index < -0.39 is 0 Å². The van der Waals surface area contributed by atoms with E-state index in [0.717, 1.165) is 31.5 Å². The van der Waals surface area contributed by atoms with Crippen LogP contribution in [0.1, 0.15) is 35.3 Å². The summed E-state index contributed by atoms with van der Waals surface area (Å²) in [6.07, 6.45) is 3.43. The van der Waals surface area contributed by atoms with Crippen LogP contribution in [-0.4, -0.2) is 52.3 Å². The molecule has 9 nitrogen and oxygen atoms in total. The fourth-order valence-corrected chi connectivity index (χ4v) is 3.79. The maximum Gasteiger partial charge on any atom is 0.268 e. The van der Waals surface area contributed by atoms with Crippen molar-refractivity contribution < 1.29 is 13.5 Å². The number of hydrogen-bond acceptors (Lipinski definition) is 8. The van der Waals surface area contributed by atoms with E-state index in [1.807, 2.05) is 50.1 Å². The van der Waals surface area contributed by atoms with Crippen LogP contribution in [0.15, 0.2) is 34.9 Å². The standard InChI is InChI=1S/C22H27N7O2.3H2/c1-4-24-20(30)17-6-5-11-29(17)18-13-25-14(2)19(26-18)22-28-27-21(31-22)16-9-7-15(8-10-16)12-23-3;;;/h7-10,13,17,23H,4-6,11-12H2,1-3H3,(H,24,30);3*1H/t17-;;;/m1.../s1. The minimum atomic E-state index is -0.237. The number of aromatic nitrogens is 4. The molecule has 0 radical (unpaired) electrons. The van der Waals surface area contributed by atoms with Gasteiger partial charge in [-0.15, -0.1) is 10.2 Å². The second-order valence-corrected chi connectivity index (χ2v) is 7.55. The monoisotopic (exact) mass is 427 g/mol. The van der Waals surface area contributed by atoms with Crippen molar-refractivity contribution in [3.8, 4) is 23.0 Å². The van der Waals surface area contributed by atoms with Crippen LogP contribution in [0.4, 0.5) is 5.82 Å². The van der Waals surface area contributed by atoms with E-state index in [0.29, 0.717) is 35.5 Å². The Hall–Kier alpha value is -3.33. The predicted octanol–water partition coefficient (Wildman–Crippen LogP) is 3.06. The van der Waals surface area contributed by atoms with Gasteiger partial charge >= 0.3 is 0 Å². The van der Waals surface area contributed by atoms with Crippen molar-refractivity contribution in [3.63, 3.8) is 0 Å². The number of amides is 1. The first-order chi connectivity index (χ1) is 15.1. The molecule has 9 heteroatoms. The van der Waals surface area contributed by atoms with Gasteiger partial charge in [-0.05, 0) is 51.4 Å². The van der Waals surface area contributed by atoms with Crippen LogP contribution < -0.4 is 15.5 Å². The number of nitrogens with one attached hydrogen (secondary N) is 2. The van der Waals surface area contributed by atoms with Crippen molar-refractivity contribution in [1.82, 2.24) is 30.8 Å². The van der Waals surface area contributed by atoms with Crippen LogP contribution in [0.3, 0.4) is 0 Å². The molecule has 1 saturated heterocycles. The van der Waals surface area contributed by atoms with Gasteiger partial charge in [-0.3, -0.25) is 9.78 Å². The van der Waals surface area contributed by atoms with Gasteiger partial charge in [0.05, 0.1) is 11.9 Å². The molecule has 3 aromatic rings. The lowest BCUT2D eigenvalue weighted by Crippen LogP contribution is -2.43. The number of carbonyl (C=O) groups excluding carboxylic acids is 1. The first kappa shape index (κ1) is 20.9. The van der Waals surface area contributed by atoms with E-state index in [4.69, 9.17) is 9.40 Å². The molecule has 2 N–H and O–H groups in total. The van der Waals surface area contributed by atoms with Gasteiger partial charge < -0.3 is 20.0 Å². The molecule has 1 fully saturated rings. The summed E-state index contributed by atoms with van der Waals surface area (Å²) in [5.74, 6) is 1.41. The number of anilines is 1. The third kappa shape index (κ3) is 4.41. The van der Waals surface area contributed by atoms with Gasteiger partial charge in [0.2, 0.25) is 11.8 Å². The highest BCUT2D eigenvalue weighted by molar-refractivity contribution is 5.85. The SMILES string of the molecule is CCNC(=O)[C@H]1CCCN1c1cnc(C)c(-c2nnc(-c3ccc(CNC)cc3)o2)n1.[HH].[HH].[HH]. The predicted molar refractivity (Wildman–Crippen MR) is 124 cm³/mol. The highest BCUT2D eigenvalue weighted by Crippen LogP contribution is 2.29. The second kappa shape index (κ2) is 9.22. The Morgan fingerprint density at radius 1 is 1.26 bits per heavy atom.